The molecular formula is C15H14ClN3. The molecule has 96 valence electrons. The highest BCUT2D eigenvalue weighted by atomic mass is 35.5. The van der Waals surface area contributed by atoms with Crippen molar-refractivity contribution in [1.82, 2.24) is 9.97 Å². The second kappa shape index (κ2) is 4.37. The molecule has 0 radical (unpaired) electrons. The minimum absolute atomic E-state index is 0.629. The fraction of sp³-hybridized carbons (Fsp3) is 0.133. The lowest BCUT2D eigenvalue weighted by Gasteiger charge is -2.22. The summed E-state index contributed by atoms with van der Waals surface area (Å²) in [6.07, 6.45) is 0. The van der Waals surface area contributed by atoms with E-state index < -0.39 is 5.54 Å². The molecule has 2 aromatic carbocycles. The zero-order chi connectivity index (χ0) is 13.5. The van der Waals surface area contributed by atoms with Crippen LogP contribution in [0.5, 0.6) is 0 Å². The standard InChI is InChI=1S/C15H14ClN3/c1-15(17,10-6-3-2-4-7-10)14-18-12-9-5-8-11(16)13(12)19-14/h2-9H,17H2,1H3,(H,18,19). The van der Waals surface area contributed by atoms with Crippen LogP contribution in [0.25, 0.3) is 11.0 Å². The number of aromatic amines is 1. The molecule has 0 fully saturated rings. The van der Waals surface area contributed by atoms with Crippen LogP contribution in [0, 0.1) is 0 Å². The van der Waals surface area contributed by atoms with Crippen molar-refractivity contribution in [3.63, 3.8) is 0 Å². The van der Waals surface area contributed by atoms with Crippen molar-refractivity contribution in [2.45, 2.75) is 12.5 Å². The van der Waals surface area contributed by atoms with Crippen molar-refractivity contribution >= 4 is 22.6 Å². The highest BCUT2D eigenvalue weighted by Gasteiger charge is 2.27. The molecule has 3 aromatic rings. The zero-order valence-electron chi connectivity index (χ0n) is 10.5. The molecule has 1 heterocycles. The Morgan fingerprint density at radius 3 is 2.53 bits per heavy atom. The highest BCUT2D eigenvalue weighted by Crippen LogP contribution is 2.28. The first-order valence-electron chi connectivity index (χ1n) is 6.08. The average molecular weight is 272 g/mol. The van der Waals surface area contributed by atoms with Gasteiger partial charge < -0.3 is 10.7 Å². The van der Waals surface area contributed by atoms with Gasteiger partial charge >= 0.3 is 0 Å². The molecule has 0 spiro atoms. The molecule has 0 amide bonds. The summed E-state index contributed by atoms with van der Waals surface area (Å²) in [5.41, 5.74) is 8.42. The van der Waals surface area contributed by atoms with E-state index in [-0.39, 0.29) is 0 Å². The number of halogens is 1. The summed E-state index contributed by atoms with van der Waals surface area (Å²) in [5, 5.41) is 0.629. The summed E-state index contributed by atoms with van der Waals surface area (Å²) in [4.78, 5) is 7.80. The Labute approximate surface area is 116 Å². The second-order valence-corrected chi connectivity index (χ2v) is 5.20. The average Bonchev–Trinajstić information content (AvgIpc) is 2.86. The molecule has 1 atom stereocenters. The molecule has 4 heteroatoms. The fourth-order valence-corrected chi connectivity index (χ4v) is 2.38. The van der Waals surface area contributed by atoms with Gasteiger partial charge in [-0.2, -0.15) is 0 Å². The highest BCUT2D eigenvalue weighted by molar-refractivity contribution is 6.34. The Balaban J connectivity index is 2.16. The summed E-state index contributed by atoms with van der Waals surface area (Å²) in [7, 11) is 0. The van der Waals surface area contributed by atoms with Gasteiger partial charge in [0.25, 0.3) is 0 Å². The topological polar surface area (TPSA) is 54.7 Å². The number of nitrogens with zero attached hydrogens (tertiary/aromatic N) is 1. The Kier molecular flexibility index (Phi) is 2.81. The Bertz CT molecular complexity index is 717. The normalized spacial score (nSPS) is 14.5. The van der Waals surface area contributed by atoms with E-state index in [1.807, 2.05) is 55.5 Å². The summed E-state index contributed by atoms with van der Waals surface area (Å²) in [5.74, 6) is 0.710. The van der Waals surface area contributed by atoms with Crippen molar-refractivity contribution in [2.24, 2.45) is 5.73 Å². The van der Waals surface area contributed by atoms with Crippen LogP contribution < -0.4 is 5.73 Å². The lowest BCUT2D eigenvalue weighted by molar-refractivity contribution is 0.567. The Hall–Kier alpha value is -1.84. The number of fused-ring (bicyclic) bond motifs is 1. The Morgan fingerprint density at radius 1 is 1.11 bits per heavy atom. The second-order valence-electron chi connectivity index (χ2n) is 4.79. The van der Waals surface area contributed by atoms with Crippen molar-refractivity contribution < 1.29 is 0 Å². The van der Waals surface area contributed by atoms with E-state index in [2.05, 4.69) is 9.97 Å². The van der Waals surface area contributed by atoms with E-state index >= 15 is 0 Å². The molecule has 0 saturated carbocycles. The first-order valence-corrected chi connectivity index (χ1v) is 6.46. The lowest BCUT2D eigenvalue weighted by Crippen LogP contribution is -2.35. The maximum Gasteiger partial charge on any atom is 0.131 e. The first kappa shape index (κ1) is 12.2. The van der Waals surface area contributed by atoms with Crippen LogP contribution in [0.15, 0.2) is 48.5 Å². The maximum absolute atomic E-state index is 6.44. The van der Waals surface area contributed by atoms with Gasteiger partial charge in [0.15, 0.2) is 0 Å². The molecule has 0 aliphatic rings. The molecule has 3 nitrogen and oxygen atoms in total. The first-order chi connectivity index (χ1) is 9.09. The summed E-state index contributed by atoms with van der Waals surface area (Å²) >= 11 is 6.14. The van der Waals surface area contributed by atoms with E-state index in [0.29, 0.717) is 10.8 Å². The van der Waals surface area contributed by atoms with Crippen molar-refractivity contribution in [2.75, 3.05) is 0 Å². The molecule has 0 saturated heterocycles. The van der Waals surface area contributed by atoms with Crippen molar-refractivity contribution in [1.29, 1.82) is 0 Å². The molecule has 0 aliphatic carbocycles. The third-order valence-corrected chi connectivity index (χ3v) is 3.63. The van der Waals surface area contributed by atoms with Gasteiger partial charge in [-0.15, -0.1) is 0 Å². The monoisotopic (exact) mass is 271 g/mol. The van der Waals surface area contributed by atoms with E-state index in [1.54, 1.807) is 0 Å². The predicted octanol–water partition coefficient (Wildman–Crippen LogP) is 3.44. The lowest BCUT2D eigenvalue weighted by atomic mass is 9.92. The van der Waals surface area contributed by atoms with Gasteiger partial charge in [0.1, 0.15) is 11.3 Å². The predicted molar refractivity (Wildman–Crippen MR) is 78.2 cm³/mol. The van der Waals surface area contributed by atoms with Gasteiger partial charge in [-0.3, -0.25) is 0 Å². The van der Waals surface area contributed by atoms with Crippen LogP contribution in [0.1, 0.15) is 18.3 Å². The zero-order valence-corrected chi connectivity index (χ0v) is 11.3. The van der Waals surface area contributed by atoms with Crippen LogP contribution in [0.3, 0.4) is 0 Å². The molecular weight excluding hydrogens is 258 g/mol. The minimum atomic E-state index is -0.677. The largest absolute Gasteiger partial charge is 0.340 e. The molecule has 0 bridgehead atoms. The summed E-state index contributed by atoms with van der Waals surface area (Å²) < 4.78 is 0. The Morgan fingerprint density at radius 2 is 1.84 bits per heavy atom. The maximum atomic E-state index is 6.44. The molecule has 3 N–H and O–H groups in total. The number of H-pyrrole nitrogens is 1. The van der Waals surface area contributed by atoms with Crippen LogP contribution in [-0.4, -0.2) is 9.97 Å². The summed E-state index contributed by atoms with van der Waals surface area (Å²) in [6.45, 7) is 1.94. The molecule has 0 aliphatic heterocycles. The van der Waals surface area contributed by atoms with Crippen molar-refractivity contribution in [3.8, 4) is 0 Å². The van der Waals surface area contributed by atoms with Gasteiger partial charge in [-0.25, -0.2) is 4.98 Å². The van der Waals surface area contributed by atoms with E-state index in [9.17, 15) is 0 Å². The number of nitrogens with two attached hydrogens (primary N) is 1. The number of hydrogen-bond acceptors (Lipinski definition) is 2. The van der Waals surface area contributed by atoms with Gasteiger partial charge in [-0.1, -0.05) is 48.0 Å². The quantitative estimate of drug-likeness (QED) is 0.750. The number of imidazole rings is 1. The molecule has 3 rings (SSSR count). The number of benzene rings is 2. The smallest absolute Gasteiger partial charge is 0.131 e. The minimum Gasteiger partial charge on any atom is -0.340 e. The molecule has 1 unspecified atom stereocenters. The number of rotatable bonds is 2. The third-order valence-electron chi connectivity index (χ3n) is 3.33. The SMILES string of the molecule is CC(N)(c1ccccc1)c1nc2c(Cl)cccc2[nH]1. The van der Waals surface area contributed by atoms with E-state index in [0.717, 1.165) is 16.6 Å². The van der Waals surface area contributed by atoms with Crippen LogP contribution in [0.4, 0.5) is 0 Å². The third kappa shape index (κ3) is 2.01. The van der Waals surface area contributed by atoms with Crippen LogP contribution in [-0.2, 0) is 5.54 Å². The van der Waals surface area contributed by atoms with E-state index in [4.69, 9.17) is 17.3 Å². The van der Waals surface area contributed by atoms with Crippen LogP contribution >= 0.6 is 11.6 Å². The number of para-hydroxylation sites is 1. The molecule has 19 heavy (non-hydrogen) atoms. The fourth-order valence-electron chi connectivity index (χ4n) is 2.16. The van der Waals surface area contributed by atoms with E-state index in [1.165, 1.54) is 0 Å². The van der Waals surface area contributed by atoms with Gasteiger partial charge in [0.2, 0.25) is 0 Å². The molecule has 1 aromatic heterocycles. The number of hydrogen-bond donors (Lipinski definition) is 2. The van der Waals surface area contributed by atoms with Gasteiger partial charge in [0, 0.05) is 0 Å². The van der Waals surface area contributed by atoms with Crippen molar-refractivity contribution in [3.05, 3.63) is 64.9 Å². The number of nitrogens with one attached hydrogen (secondary N) is 1. The number of aromatic nitrogens is 2. The van der Waals surface area contributed by atoms with Crippen LogP contribution in [0.2, 0.25) is 5.02 Å². The summed E-state index contributed by atoms with van der Waals surface area (Å²) in [6, 6.07) is 15.6. The van der Waals surface area contributed by atoms with Gasteiger partial charge in [-0.05, 0) is 24.6 Å². The van der Waals surface area contributed by atoms with Gasteiger partial charge in [0.05, 0.1) is 16.1 Å².